The van der Waals surface area contributed by atoms with Crippen LogP contribution in [0.2, 0.25) is 0 Å². The fourth-order valence-corrected chi connectivity index (χ4v) is 2.21. The summed E-state index contributed by atoms with van der Waals surface area (Å²) in [4.78, 5) is 0. The second-order valence-electron chi connectivity index (χ2n) is 2.95. The van der Waals surface area contributed by atoms with E-state index in [0.29, 0.717) is 19.6 Å². The van der Waals surface area contributed by atoms with E-state index in [1.165, 1.54) is 11.4 Å². The standard InChI is InChI=1S/C7H12N2O3S/c1-9(7-2-4-12-6-7)13(10,11)5-3-8/h7H,2,4-6H2,1H3. The quantitative estimate of drug-likeness (QED) is 0.625. The topological polar surface area (TPSA) is 70.4 Å². The lowest BCUT2D eigenvalue weighted by atomic mass is 10.3. The molecule has 6 heteroatoms. The van der Waals surface area contributed by atoms with Crippen LogP contribution in [-0.4, -0.2) is 44.8 Å². The highest BCUT2D eigenvalue weighted by Crippen LogP contribution is 2.14. The average Bonchev–Trinajstić information content (AvgIpc) is 2.54. The van der Waals surface area contributed by atoms with Crippen molar-refractivity contribution in [1.82, 2.24) is 4.31 Å². The second kappa shape index (κ2) is 4.05. The van der Waals surface area contributed by atoms with Crippen LogP contribution >= 0.6 is 0 Å². The van der Waals surface area contributed by atoms with Crippen LogP contribution in [0.3, 0.4) is 0 Å². The van der Waals surface area contributed by atoms with Crippen molar-refractivity contribution >= 4 is 10.0 Å². The Kier molecular flexibility index (Phi) is 3.25. The van der Waals surface area contributed by atoms with Crippen molar-refractivity contribution in [1.29, 1.82) is 5.26 Å². The van der Waals surface area contributed by atoms with E-state index in [-0.39, 0.29) is 6.04 Å². The summed E-state index contributed by atoms with van der Waals surface area (Å²) in [5.41, 5.74) is 0. The molecule has 1 atom stereocenters. The molecule has 74 valence electrons. The fourth-order valence-electron chi connectivity index (χ4n) is 1.22. The number of ether oxygens (including phenoxy) is 1. The van der Waals surface area contributed by atoms with Crippen LogP contribution in [0, 0.1) is 11.3 Å². The van der Waals surface area contributed by atoms with Crippen molar-refractivity contribution in [3.8, 4) is 6.07 Å². The van der Waals surface area contributed by atoms with Crippen molar-refractivity contribution < 1.29 is 13.2 Å². The van der Waals surface area contributed by atoms with Crippen molar-refractivity contribution in [2.24, 2.45) is 0 Å². The summed E-state index contributed by atoms with van der Waals surface area (Å²) >= 11 is 0. The third-order valence-corrected chi connectivity index (χ3v) is 3.78. The van der Waals surface area contributed by atoms with Gasteiger partial charge in [0, 0.05) is 13.7 Å². The molecule has 0 aromatic heterocycles. The molecule has 1 fully saturated rings. The minimum Gasteiger partial charge on any atom is -0.380 e. The van der Waals surface area contributed by atoms with Gasteiger partial charge in [0.25, 0.3) is 0 Å². The van der Waals surface area contributed by atoms with Crippen LogP contribution in [-0.2, 0) is 14.8 Å². The molecule has 1 rings (SSSR count). The molecule has 0 N–H and O–H groups in total. The van der Waals surface area contributed by atoms with Gasteiger partial charge < -0.3 is 4.74 Å². The van der Waals surface area contributed by atoms with Crippen molar-refractivity contribution in [2.45, 2.75) is 12.5 Å². The first-order valence-corrected chi connectivity index (χ1v) is 5.59. The zero-order chi connectivity index (χ0) is 9.90. The van der Waals surface area contributed by atoms with Gasteiger partial charge in [-0.2, -0.15) is 9.57 Å². The minimum atomic E-state index is -3.40. The van der Waals surface area contributed by atoms with Crippen LogP contribution in [0.15, 0.2) is 0 Å². The number of nitriles is 1. The highest BCUT2D eigenvalue weighted by atomic mass is 32.2. The van der Waals surface area contributed by atoms with E-state index in [4.69, 9.17) is 10.00 Å². The summed E-state index contributed by atoms with van der Waals surface area (Å²) in [6, 6.07) is 1.54. The van der Waals surface area contributed by atoms with E-state index in [2.05, 4.69) is 0 Å². The molecule has 1 heterocycles. The fraction of sp³-hybridized carbons (Fsp3) is 0.857. The first-order valence-electron chi connectivity index (χ1n) is 3.98. The molecule has 5 nitrogen and oxygen atoms in total. The van der Waals surface area contributed by atoms with Gasteiger partial charge in [-0.3, -0.25) is 0 Å². The Morgan fingerprint density at radius 3 is 2.85 bits per heavy atom. The lowest BCUT2D eigenvalue weighted by Crippen LogP contribution is -2.38. The molecule has 0 bridgehead atoms. The Bertz CT molecular complexity index is 300. The van der Waals surface area contributed by atoms with Gasteiger partial charge in [-0.05, 0) is 6.42 Å². The van der Waals surface area contributed by atoms with Crippen LogP contribution in [0.4, 0.5) is 0 Å². The van der Waals surface area contributed by atoms with Gasteiger partial charge in [-0.25, -0.2) is 8.42 Å². The SMILES string of the molecule is CN(C1CCOC1)S(=O)(=O)CC#N. The van der Waals surface area contributed by atoms with E-state index in [1.807, 2.05) is 0 Å². The first kappa shape index (κ1) is 10.4. The van der Waals surface area contributed by atoms with Crippen molar-refractivity contribution in [2.75, 3.05) is 26.0 Å². The van der Waals surface area contributed by atoms with E-state index < -0.39 is 15.8 Å². The molecular formula is C7H12N2O3S. The summed E-state index contributed by atoms with van der Waals surface area (Å²) in [7, 11) is -1.91. The molecule has 1 aliphatic heterocycles. The van der Waals surface area contributed by atoms with Crippen LogP contribution in [0.1, 0.15) is 6.42 Å². The summed E-state index contributed by atoms with van der Waals surface area (Å²) in [6.45, 7) is 1.03. The molecule has 1 saturated heterocycles. The van der Waals surface area contributed by atoms with Crippen LogP contribution in [0.25, 0.3) is 0 Å². The predicted octanol–water partition coefficient (Wildman–Crippen LogP) is -0.440. The molecule has 1 aliphatic rings. The second-order valence-corrected chi connectivity index (χ2v) is 4.98. The van der Waals surface area contributed by atoms with Gasteiger partial charge in [-0.15, -0.1) is 0 Å². The van der Waals surface area contributed by atoms with Crippen molar-refractivity contribution in [3.63, 3.8) is 0 Å². The number of likely N-dealkylation sites (N-methyl/N-ethyl adjacent to an activating group) is 1. The lowest BCUT2D eigenvalue weighted by molar-refractivity contribution is 0.181. The highest BCUT2D eigenvalue weighted by molar-refractivity contribution is 7.89. The zero-order valence-corrected chi connectivity index (χ0v) is 8.25. The Morgan fingerprint density at radius 2 is 2.38 bits per heavy atom. The van der Waals surface area contributed by atoms with E-state index >= 15 is 0 Å². The van der Waals surface area contributed by atoms with Crippen molar-refractivity contribution in [3.05, 3.63) is 0 Å². The van der Waals surface area contributed by atoms with Crippen LogP contribution in [0.5, 0.6) is 0 Å². The van der Waals surface area contributed by atoms with Crippen LogP contribution < -0.4 is 0 Å². The molecular weight excluding hydrogens is 192 g/mol. The lowest BCUT2D eigenvalue weighted by Gasteiger charge is -2.20. The smallest absolute Gasteiger partial charge is 0.227 e. The number of rotatable bonds is 3. The Hall–Kier alpha value is -0.640. The zero-order valence-electron chi connectivity index (χ0n) is 7.43. The highest BCUT2D eigenvalue weighted by Gasteiger charge is 2.28. The maximum Gasteiger partial charge on any atom is 0.227 e. The predicted molar refractivity (Wildman–Crippen MR) is 46.4 cm³/mol. The molecule has 0 aliphatic carbocycles. The molecule has 0 aromatic carbocycles. The monoisotopic (exact) mass is 204 g/mol. The normalized spacial score (nSPS) is 23.3. The number of hydrogen-bond donors (Lipinski definition) is 0. The summed E-state index contributed by atoms with van der Waals surface area (Å²) in [5, 5.41) is 8.31. The van der Waals surface area contributed by atoms with Gasteiger partial charge in [0.1, 0.15) is 0 Å². The molecule has 0 amide bonds. The summed E-state index contributed by atoms with van der Waals surface area (Å²) in [6.07, 6.45) is 0.709. The molecule has 0 saturated carbocycles. The summed E-state index contributed by atoms with van der Waals surface area (Å²) in [5.74, 6) is -0.458. The van der Waals surface area contributed by atoms with Gasteiger partial charge in [0.05, 0.1) is 18.7 Å². The van der Waals surface area contributed by atoms with Gasteiger partial charge in [-0.1, -0.05) is 0 Å². The maximum atomic E-state index is 11.4. The molecule has 0 spiro atoms. The van der Waals surface area contributed by atoms with E-state index in [1.54, 1.807) is 6.07 Å². The number of nitrogens with zero attached hydrogens (tertiary/aromatic N) is 2. The molecule has 1 unspecified atom stereocenters. The number of hydrogen-bond acceptors (Lipinski definition) is 4. The number of sulfonamides is 1. The van der Waals surface area contributed by atoms with Gasteiger partial charge in [0.15, 0.2) is 5.75 Å². The average molecular weight is 204 g/mol. The van der Waals surface area contributed by atoms with E-state index in [9.17, 15) is 8.42 Å². The Labute approximate surface area is 77.9 Å². The minimum absolute atomic E-state index is 0.0988. The molecule has 0 aromatic rings. The largest absolute Gasteiger partial charge is 0.380 e. The van der Waals surface area contributed by atoms with Gasteiger partial charge in [0.2, 0.25) is 10.0 Å². The Balaban J connectivity index is 2.66. The van der Waals surface area contributed by atoms with Gasteiger partial charge >= 0.3 is 0 Å². The maximum absolute atomic E-state index is 11.4. The third-order valence-electron chi connectivity index (χ3n) is 2.11. The third kappa shape index (κ3) is 2.40. The molecule has 0 radical (unpaired) electrons. The Morgan fingerprint density at radius 1 is 1.69 bits per heavy atom. The first-order chi connectivity index (χ1) is 6.08. The van der Waals surface area contributed by atoms with E-state index in [0.717, 1.165) is 0 Å². The molecule has 13 heavy (non-hydrogen) atoms. The summed E-state index contributed by atoms with van der Waals surface area (Å²) < 4.78 is 29.0.